The van der Waals surface area contributed by atoms with Crippen molar-refractivity contribution in [1.82, 2.24) is 0 Å². The fourth-order valence-electron chi connectivity index (χ4n) is 2.31. The van der Waals surface area contributed by atoms with Gasteiger partial charge in [-0.05, 0) is 50.5 Å². The molecule has 0 unspecified atom stereocenters. The molecule has 0 saturated carbocycles. The molecule has 2 aromatic rings. The topological polar surface area (TPSA) is 29.1 Å². The van der Waals surface area contributed by atoms with Gasteiger partial charge in [-0.25, -0.2) is 0 Å². The fraction of sp³-hybridized carbons (Fsp3) is 0.278. The Morgan fingerprint density at radius 3 is 2.25 bits per heavy atom. The second-order valence-electron chi connectivity index (χ2n) is 5.47. The standard InChI is InChI=1S/C18H21NO/c1-12-6-8-17(15(4)9-12)19-18(20)11-16-10-13(2)5-7-14(16)3/h5-10H,11H2,1-4H3,(H,19,20). The summed E-state index contributed by atoms with van der Waals surface area (Å²) >= 11 is 0. The molecule has 2 nitrogen and oxygen atoms in total. The number of nitrogens with one attached hydrogen (secondary N) is 1. The zero-order valence-corrected chi connectivity index (χ0v) is 12.6. The largest absolute Gasteiger partial charge is 0.326 e. The second kappa shape index (κ2) is 5.91. The number of hydrogen-bond acceptors (Lipinski definition) is 1. The van der Waals surface area contributed by atoms with Gasteiger partial charge < -0.3 is 5.32 Å². The molecule has 0 spiro atoms. The molecule has 0 bridgehead atoms. The summed E-state index contributed by atoms with van der Waals surface area (Å²) in [6.07, 6.45) is 0.417. The summed E-state index contributed by atoms with van der Waals surface area (Å²) in [6, 6.07) is 12.3. The highest BCUT2D eigenvalue weighted by molar-refractivity contribution is 5.93. The van der Waals surface area contributed by atoms with Gasteiger partial charge >= 0.3 is 0 Å². The van der Waals surface area contributed by atoms with Crippen molar-refractivity contribution in [1.29, 1.82) is 0 Å². The highest BCUT2D eigenvalue weighted by atomic mass is 16.1. The highest BCUT2D eigenvalue weighted by Crippen LogP contribution is 2.17. The average molecular weight is 267 g/mol. The van der Waals surface area contributed by atoms with Gasteiger partial charge in [-0.2, -0.15) is 0 Å². The van der Waals surface area contributed by atoms with Crippen LogP contribution in [0.4, 0.5) is 5.69 Å². The second-order valence-corrected chi connectivity index (χ2v) is 5.47. The molecular formula is C18H21NO. The third-order valence-electron chi connectivity index (χ3n) is 3.51. The van der Waals surface area contributed by atoms with Crippen molar-refractivity contribution in [2.75, 3.05) is 5.32 Å². The van der Waals surface area contributed by atoms with Crippen LogP contribution >= 0.6 is 0 Å². The van der Waals surface area contributed by atoms with E-state index in [-0.39, 0.29) is 5.91 Å². The molecular weight excluding hydrogens is 246 g/mol. The molecule has 2 rings (SSSR count). The van der Waals surface area contributed by atoms with Gasteiger partial charge in [0.1, 0.15) is 0 Å². The minimum atomic E-state index is 0.0330. The van der Waals surface area contributed by atoms with Crippen LogP contribution in [0.1, 0.15) is 27.8 Å². The van der Waals surface area contributed by atoms with E-state index in [9.17, 15) is 4.79 Å². The molecule has 104 valence electrons. The summed E-state index contributed by atoms with van der Waals surface area (Å²) in [6.45, 7) is 8.15. The summed E-state index contributed by atoms with van der Waals surface area (Å²) in [5.74, 6) is 0.0330. The van der Waals surface area contributed by atoms with Gasteiger partial charge in [0.25, 0.3) is 0 Å². The van der Waals surface area contributed by atoms with Crippen molar-refractivity contribution in [2.24, 2.45) is 0 Å². The molecule has 0 radical (unpaired) electrons. The van der Waals surface area contributed by atoms with Gasteiger partial charge in [-0.15, -0.1) is 0 Å². The predicted octanol–water partition coefficient (Wildman–Crippen LogP) is 4.10. The monoisotopic (exact) mass is 267 g/mol. The smallest absolute Gasteiger partial charge is 0.228 e. The number of carbonyl (C=O) groups excluding carboxylic acids is 1. The van der Waals surface area contributed by atoms with Crippen molar-refractivity contribution in [3.05, 3.63) is 64.2 Å². The Morgan fingerprint density at radius 2 is 1.55 bits per heavy atom. The minimum absolute atomic E-state index is 0.0330. The molecule has 0 aromatic heterocycles. The van der Waals surface area contributed by atoms with Crippen LogP contribution in [-0.2, 0) is 11.2 Å². The van der Waals surface area contributed by atoms with E-state index in [1.54, 1.807) is 0 Å². The van der Waals surface area contributed by atoms with Gasteiger partial charge in [-0.1, -0.05) is 41.5 Å². The first-order chi connectivity index (χ1) is 9.45. The summed E-state index contributed by atoms with van der Waals surface area (Å²) in [5.41, 5.74) is 6.63. The first kappa shape index (κ1) is 14.3. The van der Waals surface area contributed by atoms with Gasteiger partial charge in [0.15, 0.2) is 0 Å². The van der Waals surface area contributed by atoms with E-state index in [0.29, 0.717) is 6.42 Å². The molecule has 20 heavy (non-hydrogen) atoms. The first-order valence-electron chi connectivity index (χ1n) is 6.89. The highest BCUT2D eigenvalue weighted by Gasteiger charge is 2.08. The quantitative estimate of drug-likeness (QED) is 0.891. The first-order valence-corrected chi connectivity index (χ1v) is 6.89. The van der Waals surface area contributed by atoms with Gasteiger partial charge in [-0.3, -0.25) is 4.79 Å². The maximum absolute atomic E-state index is 12.2. The van der Waals surface area contributed by atoms with Crippen LogP contribution in [-0.4, -0.2) is 5.91 Å². The van der Waals surface area contributed by atoms with E-state index in [0.717, 1.165) is 22.4 Å². The van der Waals surface area contributed by atoms with Crippen molar-refractivity contribution >= 4 is 11.6 Å². The molecule has 0 aliphatic rings. The SMILES string of the molecule is Cc1ccc(NC(=O)Cc2cc(C)ccc2C)c(C)c1. The van der Waals surface area contributed by atoms with E-state index in [4.69, 9.17) is 0 Å². The van der Waals surface area contributed by atoms with Crippen LogP contribution in [0, 0.1) is 27.7 Å². The Hall–Kier alpha value is -2.09. The number of hydrogen-bond donors (Lipinski definition) is 1. The lowest BCUT2D eigenvalue weighted by Gasteiger charge is -2.11. The summed E-state index contributed by atoms with van der Waals surface area (Å²) in [5, 5.41) is 2.99. The van der Waals surface area contributed by atoms with Crippen LogP contribution in [0.5, 0.6) is 0 Å². The third-order valence-corrected chi connectivity index (χ3v) is 3.51. The number of amides is 1. The average Bonchev–Trinajstić information content (AvgIpc) is 2.37. The number of anilines is 1. The third kappa shape index (κ3) is 3.47. The zero-order chi connectivity index (χ0) is 14.7. The van der Waals surface area contributed by atoms with E-state index >= 15 is 0 Å². The Balaban J connectivity index is 2.11. The molecule has 1 N–H and O–H groups in total. The predicted molar refractivity (Wildman–Crippen MR) is 84.2 cm³/mol. The van der Waals surface area contributed by atoms with E-state index < -0.39 is 0 Å². The number of carbonyl (C=O) groups is 1. The molecule has 0 aliphatic heterocycles. The van der Waals surface area contributed by atoms with Crippen molar-refractivity contribution < 1.29 is 4.79 Å². The van der Waals surface area contributed by atoms with Crippen LogP contribution in [0.25, 0.3) is 0 Å². The normalized spacial score (nSPS) is 10.4. The summed E-state index contributed by atoms with van der Waals surface area (Å²) in [7, 11) is 0. The van der Waals surface area contributed by atoms with E-state index in [1.807, 2.05) is 32.9 Å². The molecule has 0 fully saturated rings. The Morgan fingerprint density at radius 1 is 0.900 bits per heavy atom. The Labute approximate surface area is 120 Å². The number of rotatable bonds is 3. The molecule has 0 heterocycles. The molecule has 0 aliphatic carbocycles. The Bertz CT molecular complexity index is 644. The Kier molecular flexibility index (Phi) is 4.23. The minimum Gasteiger partial charge on any atom is -0.326 e. The molecule has 2 heteroatoms. The zero-order valence-electron chi connectivity index (χ0n) is 12.6. The van der Waals surface area contributed by atoms with Crippen molar-refractivity contribution in [2.45, 2.75) is 34.1 Å². The molecule has 2 aromatic carbocycles. The van der Waals surface area contributed by atoms with Crippen molar-refractivity contribution in [3.8, 4) is 0 Å². The van der Waals surface area contributed by atoms with Crippen LogP contribution in [0.3, 0.4) is 0 Å². The summed E-state index contributed by atoms with van der Waals surface area (Å²) in [4.78, 5) is 12.2. The fourth-order valence-corrected chi connectivity index (χ4v) is 2.31. The number of aryl methyl sites for hydroxylation is 4. The van der Waals surface area contributed by atoms with Gasteiger partial charge in [0.05, 0.1) is 6.42 Å². The van der Waals surface area contributed by atoms with E-state index in [2.05, 4.69) is 36.5 Å². The maximum Gasteiger partial charge on any atom is 0.228 e. The van der Waals surface area contributed by atoms with Gasteiger partial charge in [0, 0.05) is 5.69 Å². The maximum atomic E-state index is 12.2. The van der Waals surface area contributed by atoms with Crippen LogP contribution < -0.4 is 5.32 Å². The number of benzene rings is 2. The summed E-state index contributed by atoms with van der Waals surface area (Å²) < 4.78 is 0. The van der Waals surface area contributed by atoms with Crippen LogP contribution in [0.15, 0.2) is 36.4 Å². The molecule has 0 atom stereocenters. The molecule has 0 saturated heterocycles. The van der Waals surface area contributed by atoms with Crippen molar-refractivity contribution in [3.63, 3.8) is 0 Å². The van der Waals surface area contributed by atoms with Crippen LogP contribution in [0.2, 0.25) is 0 Å². The lowest BCUT2D eigenvalue weighted by molar-refractivity contribution is -0.115. The van der Waals surface area contributed by atoms with E-state index in [1.165, 1.54) is 11.1 Å². The molecule has 1 amide bonds. The van der Waals surface area contributed by atoms with Gasteiger partial charge in [0.2, 0.25) is 5.91 Å². The lowest BCUT2D eigenvalue weighted by atomic mass is 10.0. The lowest BCUT2D eigenvalue weighted by Crippen LogP contribution is -2.15.